The fourth-order valence-electron chi connectivity index (χ4n) is 14.9. The lowest BCUT2D eigenvalue weighted by atomic mass is 9.97. The van der Waals surface area contributed by atoms with Crippen LogP contribution in [-0.4, -0.2) is 140 Å². The average Bonchev–Trinajstić information content (AvgIpc) is 0.794. The Balaban J connectivity index is 1.54. The van der Waals surface area contributed by atoms with E-state index in [0.29, 0.717) is 0 Å². The molecule has 9 N–H and O–H groups in total. The molecule has 2 aliphatic rings. The maximum atomic E-state index is 13.4. The minimum absolute atomic E-state index is 0.228. The number of aliphatic hydroxyl groups is 8. The Morgan fingerprint density at radius 3 is 0.929 bits per heavy atom. The lowest BCUT2D eigenvalue weighted by Crippen LogP contribution is -2.65. The third-order valence-corrected chi connectivity index (χ3v) is 21.7. The fraction of sp³-hybridized carbons (Fsp3) is 0.965. The van der Waals surface area contributed by atoms with Gasteiger partial charge in [-0.3, -0.25) is 4.79 Å². The standard InChI is InChI=1S/C85H165NO13/c1-3-5-7-9-11-13-15-17-19-21-23-25-27-29-30-31-32-33-34-35-36-37-38-39-40-41-42-43-44-45-47-49-51-53-55-57-59-61-63-65-67-69-77(90)86-73(72-96-84-82(95)80(93)83(76(71-88)98-84)99-85-81(94)79(92)78(91)75(70-87)97-85)74(89)68-66-64-62-60-58-56-54-52-50-48-46-28-26-24-22-20-18-16-14-12-10-8-6-4-2/h66,68,73-76,78-85,87-89,91-95H,3-65,67,69-72H2,1-2H3,(H,86,90)/b68-66+. The summed E-state index contributed by atoms with van der Waals surface area (Å²) in [5, 5.41) is 87.7. The molecule has 99 heavy (non-hydrogen) atoms. The summed E-state index contributed by atoms with van der Waals surface area (Å²) in [6.45, 7) is 2.88. The first-order valence-corrected chi connectivity index (χ1v) is 43.4. The summed E-state index contributed by atoms with van der Waals surface area (Å²) in [4.78, 5) is 13.4. The molecular formula is C85H165NO13. The smallest absolute Gasteiger partial charge is 0.220 e. The van der Waals surface area contributed by atoms with Crippen molar-refractivity contribution < 1.29 is 64.6 Å². The van der Waals surface area contributed by atoms with Crippen molar-refractivity contribution in [2.24, 2.45) is 0 Å². The van der Waals surface area contributed by atoms with Crippen LogP contribution < -0.4 is 5.32 Å². The lowest BCUT2D eigenvalue weighted by molar-refractivity contribution is -0.359. The molecule has 0 aliphatic carbocycles. The van der Waals surface area contributed by atoms with Crippen LogP contribution in [0.2, 0.25) is 0 Å². The number of rotatable bonds is 75. The third kappa shape index (κ3) is 52.4. The number of carbonyl (C=O) groups excluding carboxylic acids is 1. The van der Waals surface area contributed by atoms with Crippen LogP contribution in [0.15, 0.2) is 12.2 Å². The Morgan fingerprint density at radius 2 is 0.626 bits per heavy atom. The van der Waals surface area contributed by atoms with Gasteiger partial charge in [-0.15, -0.1) is 0 Å². The zero-order valence-electron chi connectivity index (χ0n) is 64.8. The predicted octanol–water partition coefficient (Wildman–Crippen LogP) is 20.4. The van der Waals surface area contributed by atoms with Crippen LogP contribution in [0.25, 0.3) is 0 Å². The van der Waals surface area contributed by atoms with Crippen molar-refractivity contribution in [3.8, 4) is 0 Å². The number of carbonyl (C=O) groups is 1. The number of unbranched alkanes of at least 4 members (excludes halogenated alkanes) is 62. The van der Waals surface area contributed by atoms with Gasteiger partial charge in [-0.1, -0.05) is 418 Å². The van der Waals surface area contributed by atoms with Gasteiger partial charge in [0.15, 0.2) is 12.6 Å². The van der Waals surface area contributed by atoms with Crippen molar-refractivity contribution in [1.82, 2.24) is 5.32 Å². The topological polar surface area (TPSA) is 228 Å². The molecule has 12 unspecified atom stereocenters. The van der Waals surface area contributed by atoms with Crippen molar-refractivity contribution in [2.75, 3.05) is 19.8 Å². The van der Waals surface area contributed by atoms with Crippen LogP contribution in [0.4, 0.5) is 0 Å². The first-order chi connectivity index (χ1) is 48.6. The number of hydrogen-bond acceptors (Lipinski definition) is 13. The van der Waals surface area contributed by atoms with Crippen LogP contribution in [0.1, 0.15) is 431 Å². The molecule has 1 amide bonds. The summed E-state index contributed by atoms with van der Waals surface area (Å²) < 4.78 is 22.9. The minimum Gasteiger partial charge on any atom is -0.394 e. The molecule has 2 fully saturated rings. The van der Waals surface area contributed by atoms with E-state index in [-0.39, 0.29) is 18.9 Å². The molecule has 0 aromatic heterocycles. The quantitative estimate of drug-likeness (QED) is 0.0204. The summed E-state index contributed by atoms with van der Waals surface area (Å²) >= 11 is 0. The predicted molar refractivity (Wildman–Crippen MR) is 411 cm³/mol. The zero-order valence-corrected chi connectivity index (χ0v) is 64.8. The monoisotopic (exact) mass is 1410 g/mol. The normalized spacial score (nSPS) is 21.9. The van der Waals surface area contributed by atoms with Gasteiger partial charge in [0.25, 0.3) is 0 Å². The molecule has 14 heteroatoms. The maximum absolute atomic E-state index is 13.4. The summed E-state index contributed by atoms with van der Waals surface area (Å²) in [6.07, 6.45) is 73.3. The molecule has 0 aromatic carbocycles. The van der Waals surface area contributed by atoms with Crippen LogP contribution >= 0.6 is 0 Å². The van der Waals surface area contributed by atoms with E-state index in [9.17, 15) is 45.6 Å². The fourth-order valence-corrected chi connectivity index (χ4v) is 14.9. The number of aliphatic hydroxyl groups excluding tert-OH is 8. The Morgan fingerprint density at radius 1 is 0.354 bits per heavy atom. The van der Waals surface area contributed by atoms with E-state index in [0.717, 1.165) is 44.9 Å². The van der Waals surface area contributed by atoms with E-state index >= 15 is 0 Å². The van der Waals surface area contributed by atoms with Crippen molar-refractivity contribution >= 4 is 5.91 Å². The largest absolute Gasteiger partial charge is 0.394 e. The second kappa shape index (κ2) is 69.8. The van der Waals surface area contributed by atoms with E-state index in [4.69, 9.17) is 18.9 Å². The Kier molecular flexibility index (Phi) is 66.1. The lowest BCUT2D eigenvalue weighted by Gasteiger charge is -2.46. The van der Waals surface area contributed by atoms with Crippen molar-refractivity contribution in [2.45, 2.75) is 505 Å². The van der Waals surface area contributed by atoms with Crippen molar-refractivity contribution in [3.63, 3.8) is 0 Å². The summed E-state index contributed by atoms with van der Waals surface area (Å²) in [6, 6.07) is -0.913. The van der Waals surface area contributed by atoms with Crippen molar-refractivity contribution in [1.29, 1.82) is 0 Å². The van der Waals surface area contributed by atoms with Gasteiger partial charge >= 0.3 is 0 Å². The molecule has 588 valence electrons. The van der Waals surface area contributed by atoms with Gasteiger partial charge in [0, 0.05) is 6.42 Å². The highest BCUT2D eigenvalue weighted by Crippen LogP contribution is 2.31. The van der Waals surface area contributed by atoms with E-state index in [1.807, 2.05) is 6.08 Å². The second-order valence-corrected chi connectivity index (χ2v) is 31.0. The highest BCUT2D eigenvalue weighted by molar-refractivity contribution is 5.76. The molecule has 2 saturated heterocycles. The van der Waals surface area contributed by atoms with Gasteiger partial charge in [0.2, 0.25) is 5.91 Å². The molecule has 2 rings (SSSR count). The Bertz CT molecular complexity index is 1710. The van der Waals surface area contributed by atoms with Crippen LogP contribution in [0.3, 0.4) is 0 Å². The molecule has 12 atom stereocenters. The number of hydrogen-bond donors (Lipinski definition) is 9. The molecule has 0 bridgehead atoms. The molecule has 2 heterocycles. The summed E-state index contributed by atoms with van der Waals surface area (Å²) in [5.41, 5.74) is 0. The summed E-state index contributed by atoms with van der Waals surface area (Å²) in [7, 11) is 0. The van der Waals surface area contributed by atoms with Gasteiger partial charge < -0.3 is 65.1 Å². The van der Waals surface area contributed by atoms with Gasteiger partial charge in [0.05, 0.1) is 32.0 Å². The highest BCUT2D eigenvalue weighted by Gasteiger charge is 2.51. The van der Waals surface area contributed by atoms with E-state index in [1.165, 1.54) is 366 Å². The van der Waals surface area contributed by atoms with Crippen molar-refractivity contribution in [3.05, 3.63) is 12.2 Å². The van der Waals surface area contributed by atoms with Crippen LogP contribution in [0, 0.1) is 0 Å². The molecular weight excluding hydrogens is 1240 g/mol. The number of nitrogens with one attached hydrogen (secondary N) is 1. The summed E-state index contributed by atoms with van der Waals surface area (Å²) in [5.74, 6) is -0.228. The molecule has 0 radical (unpaired) electrons. The van der Waals surface area contributed by atoms with Crippen LogP contribution in [-0.2, 0) is 23.7 Å². The zero-order chi connectivity index (χ0) is 71.5. The van der Waals surface area contributed by atoms with Gasteiger partial charge in [-0.2, -0.15) is 0 Å². The van der Waals surface area contributed by atoms with E-state index < -0.39 is 86.8 Å². The Labute approximate surface area is 609 Å². The minimum atomic E-state index is -1.79. The third-order valence-electron chi connectivity index (χ3n) is 21.7. The van der Waals surface area contributed by atoms with E-state index in [2.05, 4.69) is 19.2 Å². The van der Waals surface area contributed by atoms with Crippen LogP contribution in [0.5, 0.6) is 0 Å². The average molecular weight is 1410 g/mol. The van der Waals surface area contributed by atoms with Gasteiger partial charge in [-0.25, -0.2) is 0 Å². The number of ether oxygens (including phenoxy) is 4. The first kappa shape index (κ1) is 93.8. The maximum Gasteiger partial charge on any atom is 0.220 e. The number of allylic oxidation sites excluding steroid dienone is 1. The van der Waals surface area contributed by atoms with Gasteiger partial charge in [0.1, 0.15) is 48.8 Å². The number of amides is 1. The Hall–Kier alpha value is -1.27. The second-order valence-electron chi connectivity index (χ2n) is 31.0. The molecule has 0 spiro atoms. The van der Waals surface area contributed by atoms with E-state index in [1.54, 1.807) is 6.08 Å². The molecule has 2 aliphatic heterocycles. The first-order valence-electron chi connectivity index (χ1n) is 43.4. The SMILES string of the molecule is CCCCCCCCCCCCCCCCCCCCCCCC/C=C/C(O)C(COC1OC(CO)C(OC2OC(CO)C(O)C(O)C2O)C(O)C1O)NC(=O)CCCCCCCCCCCCCCCCCCCCCCCCCCCCCCCCCCCCCCCCCCC. The molecule has 0 aromatic rings. The molecule has 14 nitrogen and oxygen atoms in total. The highest BCUT2D eigenvalue weighted by atomic mass is 16.7. The molecule has 0 saturated carbocycles. The van der Waals surface area contributed by atoms with Gasteiger partial charge in [-0.05, 0) is 19.3 Å².